The summed E-state index contributed by atoms with van der Waals surface area (Å²) in [6.07, 6.45) is 0. The van der Waals surface area contributed by atoms with E-state index in [9.17, 15) is 13.2 Å². The van der Waals surface area contributed by atoms with Gasteiger partial charge in [0.1, 0.15) is 0 Å². The quantitative estimate of drug-likeness (QED) is 0.872. The third kappa shape index (κ3) is 5.40. The van der Waals surface area contributed by atoms with Crippen LogP contribution in [-0.4, -0.2) is 26.4 Å². The Bertz CT molecular complexity index is 559. The first kappa shape index (κ1) is 15.7. The molecule has 0 atom stereocenters. The lowest BCUT2D eigenvalue weighted by Crippen LogP contribution is -2.45. The van der Waals surface area contributed by atoms with Crippen LogP contribution in [0.25, 0.3) is 0 Å². The van der Waals surface area contributed by atoms with Crippen LogP contribution in [0.2, 0.25) is 0 Å². The zero-order valence-electron chi connectivity index (χ0n) is 11.6. The second-order valence-electron chi connectivity index (χ2n) is 5.44. The molecule has 2 N–H and O–H groups in total. The molecule has 0 spiro atoms. The minimum Gasteiger partial charge on any atom is -0.350 e. The Kier molecular flexibility index (Phi) is 4.70. The second kappa shape index (κ2) is 5.71. The van der Waals surface area contributed by atoms with Crippen molar-refractivity contribution in [3.05, 3.63) is 29.8 Å². The number of carbonyl (C=O) groups is 1. The first-order valence-corrected chi connectivity index (χ1v) is 7.46. The van der Waals surface area contributed by atoms with Crippen LogP contribution in [0.15, 0.2) is 29.2 Å². The molecule has 0 aliphatic rings. The Labute approximate surface area is 114 Å². The molecule has 1 rings (SSSR count). The van der Waals surface area contributed by atoms with Crippen molar-refractivity contribution in [2.75, 3.05) is 6.54 Å². The molecule has 0 radical (unpaired) electrons. The molecule has 0 saturated carbocycles. The summed E-state index contributed by atoms with van der Waals surface area (Å²) in [6.45, 7) is 7.04. The summed E-state index contributed by atoms with van der Waals surface area (Å²) in [5.41, 5.74) is 0.466. The molecule has 0 bridgehead atoms. The zero-order chi connectivity index (χ0) is 14.7. The highest BCUT2D eigenvalue weighted by molar-refractivity contribution is 7.89. The average molecular weight is 284 g/mol. The molecule has 1 aromatic carbocycles. The van der Waals surface area contributed by atoms with E-state index in [1.54, 1.807) is 12.1 Å². The van der Waals surface area contributed by atoms with Crippen LogP contribution in [0.1, 0.15) is 26.3 Å². The smallest absolute Gasteiger partial charge is 0.241 e. The summed E-state index contributed by atoms with van der Waals surface area (Å²) in [5.74, 6) is -0.358. The topological polar surface area (TPSA) is 75.3 Å². The van der Waals surface area contributed by atoms with Gasteiger partial charge in [-0.1, -0.05) is 12.1 Å². The zero-order valence-corrected chi connectivity index (χ0v) is 12.5. The van der Waals surface area contributed by atoms with Gasteiger partial charge >= 0.3 is 0 Å². The van der Waals surface area contributed by atoms with E-state index in [2.05, 4.69) is 10.0 Å². The molecule has 106 valence electrons. The molecule has 1 aromatic rings. The summed E-state index contributed by atoms with van der Waals surface area (Å²) in [6, 6.07) is 6.53. The van der Waals surface area contributed by atoms with Crippen molar-refractivity contribution >= 4 is 15.9 Å². The van der Waals surface area contributed by atoms with E-state index >= 15 is 0 Å². The summed E-state index contributed by atoms with van der Waals surface area (Å²) in [4.78, 5) is 11.7. The van der Waals surface area contributed by atoms with Gasteiger partial charge in [-0.2, -0.15) is 0 Å². The van der Waals surface area contributed by atoms with Crippen LogP contribution in [-0.2, 0) is 14.8 Å². The van der Waals surface area contributed by atoms with Crippen molar-refractivity contribution in [3.63, 3.8) is 0 Å². The van der Waals surface area contributed by atoms with Crippen LogP contribution >= 0.6 is 0 Å². The van der Waals surface area contributed by atoms with Gasteiger partial charge in [0.15, 0.2) is 0 Å². The van der Waals surface area contributed by atoms with Gasteiger partial charge in [0, 0.05) is 5.54 Å². The van der Waals surface area contributed by atoms with Crippen LogP contribution in [0.3, 0.4) is 0 Å². The fourth-order valence-corrected chi connectivity index (χ4v) is 2.58. The Morgan fingerprint density at radius 1 is 1.26 bits per heavy atom. The van der Waals surface area contributed by atoms with E-state index < -0.39 is 10.0 Å². The molecule has 5 nitrogen and oxygen atoms in total. The van der Waals surface area contributed by atoms with Gasteiger partial charge in [-0.25, -0.2) is 13.1 Å². The summed E-state index contributed by atoms with van der Waals surface area (Å²) >= 11 is 0. The highest BCUT2D eigenvalue weighted by atomic mass is 32.2. The van der Waals surface area contributed by atoms with Crippen LogP contribution in [0, 0.1) is 6.92 Å². The number of rotatable bonds is 4. The minimum absolute atomic E-state index is 0.163. The van der Waals surface area contributed by atoms with Crippen molar-refractivity contribution in [1.29, 1.82) is 0 Å². The Morgan fingerprint density at radius 2 is 1.89 bits per heavy atom. The molecule has 0 fully saturated rings. The Balaban J connectivity index is 2.69. The molecule has 0 heterocycles. The lowest BCUT2D eigenvalue weighted by Gasteiger charge is -2.20. The predicted octanol–water partition coefficient (Wildman–Crippen LogP) is 1.19. The normalized spacial score (nSPS) is 12.2. The monoisotopic (exact) mass is 284 g/mol. The average Bonchev–Trinajstić information content (AvgIpc) is 2.24. The largest absolute Gasteiger partial charge is 0.350 e. The van der Waals surface area contributed by atoms with Gasteiger partial charge < -0.3 is 5.32 Å². The summed E-state index contributed by atoms with van der Waals surface area (Å²) < 4.78 is 26.2. The summed E-state index contributed by atoms with van der Waals surface area (Å²) in [5, 5.41) is 2.69. The predicted molar refractivity (Wildman–Crippen MR) is 74.3 cm³/mol. The molecule has 0 aliphatic heterocycles. The maximum Gasteiger partial charge on any atom is 0.241 e. The van der Waals surface area contributed by atoms with E-state index in [0.717, 1.165) is 5.56 Å². The van der Waals surface area contributed by atoms with Crippen molar-refractivity contribution in [1.82, 2.24) is 10.0 Å². The molecular weight excluding hydrogens is 264 g/mol. The lowest BCUT2D eigenvalue weighted by molar-refractivity contribution is -0.121. The molecular formula is C13H20N2O3S. The maximum atomic E-state index is 12.0. The van der Waals surface area contributed by atoms with Gasteiger partial charge in [0.2, 0.25) is 15.9 Å². The van der Waals surface area contributed by atoms with Crippen LogP contribution in [0.4, 0.5) is 0 Å². The highest BCUT2D eigenvalue weighted by Crippen LogP contribution is 2.10. The number of carbonyl (C=O) groups excluding carboxylic acids is 1. The lowest BCUT2D eigenvalue weighted by atomic mass is 10.1. The Morgan fingerprint density at radius 3 is 2.42 bits per heavy atom. The van der Waals surface area contributed by atoms with E-state index in [1.807, 2.05) is 33.8 Å². The molecule has 6 heteroatoms. The van der Waals surface area contributed by atoms with E-state index in [-0.39, 0.29) is 22.9 Å². The third-order valence-electron chi connectivity index (χ3n) is 2.24. The molecule has 19 heavy (non-hydrogen) atoms. The van der Waals surface area contributed by atoms with Gasteiger partial charge in [0.05, 0.1) is 11.4 Å². The fourth-order valence-electron chi connectivity index (χ4n) is 1.49. The highest BCUT2D eigenvalue weighted by Gasteiger charge is 2.18. The molecule has 0 aliphatic carbocycles. The van der Waals surface area contributed by atoms with Crippen molar-refractivity contribution in [2.24, 2.45) is 0 Å². The van der Waals surface area contributed by atoms with E-state index in [0.29, 0.717) is 0 Å². The molecule has 0 saturated heterocycles. The van der Waals surface area contributed by atoms with Gasteiger partial charge in [-0.3, -0.25) is 4.79 Å². The van der Waals surface area contributed by atoms with Gasteiger partial charge in [-0.15, -0.1) is 0 Å². The van der Waals surface area contributed by atoms with Crippen LogP contribution in [0.5, 0.6) is 0 Å². The van der Waals surface area contributed by atoms with Crippen molar-refractivity contribution in [2.45, 2.75) is 38.1 Å². The third-order valence-corrected chi connectivity index (χ3v) is 3.64. The fraction of sp³-hybridized carbons (Fsp3) is 0.462. The van der Waals surface area contributed by atoms with Gasteiger partial charge in [0.25, 0.3) is 0 Å². The Hall–Kier alpha value is -1.40. The minimum atomic E-state index is -3.64. The summed E-state index contributed by atoms with van der Waals surface area (Å²) in [7, 11) is -3.64. The standard InChI is InChI=1S/C13H20N2O3S/c1-10-6-5-7-11(8-10)19(17,18)14-9-12(16)15-13(2,3)4/h5-8,14H,9H2,1-4H3,(H,15,16). The van der Waals surface area contributed by atoms with Crippen LogP contribution < -0.4 is 10.0 Å². The number of nitrogens with one attached hydrogen (secondary N) is 2. The molecule has 0 aromatic heterocycles. The first-order valence-electron chi connectivity index (χ1n) is 5.97. The van der Waals surface area contributed by atoms with E-state index in [1.165, 1.54) is 6.07 Å². The number of amides is 1. The number of sulfonamides is 1. The molecule has 1 amide bonds. The second-order valence-corrected chi connectivity index (χ2v) is 7.21. The van der Waals surface area contributed by atoms with E-state index in [4.69, 9.17) is 0 Å². The first-order chi connectivity index (χ1) is 8.60. The molecule has 0 unspecified atom stereocenters. The van der Waals surface area contributed by atoms with Crippen molar-refractivity contribution in [3.8, 4) is 0 Å². The number of benzene rings is 1. The number of hydrogen-bond donors (Lipinski definition) is 2. The van der Waals surface area contributed by atoms with Gasteiger partial charge in [-0.05, 0) is 45.4 Å². The van der Waals surface area contributed by atoms with Crippen molar-refractivity contribution < 1.29 is 13.2 Å². The maximum absolute atomic E-state index is 12.0. The number of hydrogen-bond acceptors (Lipinski definition) is 3. The number of aryl methyl sites for hydroxylation is 1. The SMILES string of the molecule is Cc1cccc(S(=O)(=O)NCC(=O)NC(C)(C)C)c1.